The zero-order valence-corrected chi connectivity index (χ0v) is 29.8. The number of sulfonamides is 1. The monoisotopic (exact) mass is 792 g/mol. The van der Waals surface area contributed by atoms with Crippen LogP contribution in [0.25, 0.3) is 0 Å². The summed E-state index contributed by atoms with van der Waals surface area (Å²) in [6.07, 6.45) is 4.89. The van der Waals surface area contributed by atoms with Crippen LogP contribution in [0.4, 0.5) is 32.0 Å². The summed E-state index contributed by atoms with van der Waals surface area (Å²) in [5.41, 5.74) is 2.45. The number of hydrogen-bond donors (Lipinski definition) is 1. The molecule has 1 N–H and O–H groups in total. The van der Waals surface area contributed by atoms with Crippen LogP contribution in [0.2, 0.25) is 5.02 Å². The van der Waals surface area contributed by atoms with Crippen molar-refractivity contribution in [2.75, 3.05) is 11.4 Å². The van der Waals surface area contributed by atoms with Gasteiger partial charge in [0.15, 0.2) is 28.2 Å². The van der Waals surface area contributed by atoms with Crippen molar-refractivity contribution in [1.29, 1.82) is 0 Å². The molecule has 7 rings (SSSR count). The summed E-state index contributed by atoms with van der Waals surface area (Å²) in [7, 11) is -5.76. The fourth-order valence-electron chi connectivity index (χ4n) is 6.20. The second-order valence-corrected chi connectivity index (χ2v) is 16.0. The minimum Gasteiger partial charge on any atom is -0.488 e. The molecular weight excluding hydrogens is 762 g/mol. The Hall–Kier alpha value is -4.60. The van der Waals surface area contributed by atoms with Crippen molar-refractivity contribution in [3.05, 3.63) is 122 Å². The number of carbonyl (C=O) groups excluding carboxylic acids is 1. The molecule has 0 saturated heterocycles. The Labute approximate surface area is 311 Å². The Morgan fingerprint density at radius 1 is 0.759 bits per heavy atom. The van der Waals surface area contributed by atoms with E-state index in [0.717, 1.165) is 59.9 Å². The quantitative estimate of drug-likeness (QED) is 0.0780. The number of carboxylic acid groups (broad SMARTS) is 1. The average Bonchev–Trinajstić information content (AvgIpc) is 3.96. The predicted molar refractivity (Wildman–Crippen MR) is 184 cm³/mol. The number of benzene rings is 4. The molecule has 3 fully saturated rings. The fourth-order valence-corrected chi connectivity index (χ4v) is 7.91. The van der Waals surface area contributed by atoms with E-state index in [1.54, 1.807) is 0 Å². The highest BCUT2D eigenvalue weighted by Crippen LogP contribution is 2.46. The van der Waals surface area contributed by atoms with Crippen molar-refractivity contribution in [1.82, 2.24) is 4.31 Å². The maximum absolute atomic E-state index is 15.1. The standard InChI is InChI=1S/C38H31ClF6N2O6S/c39-28-15-26(40)7-5-23(28)17-46(54(51,52)37-35(44)33(42)32(41)34(43)36(37)45)18-31(48)47(29-10-6-22(38(49)50)14-30(29)53-27-8-9-27)16-19-11-24(20-1-2-20)13-25(12-19)21-3-4-21/h5-7,10-15,20-21,27H,1-4,8-9,16-18H2,(H,49,50). The minimum absolute atomic E-state index is 0.0118. The third kappa shape index (κ3) is 7.80. The van der Waals surface area contributed by atoms with Crippen molar-refractivity contribution >= 4 is 39.2 Å². The largest absolute Gasteiger partial charge is 0.488 e. The van der Waals surface area contributed by atoms with Crippen LogP contribution in [0.3, 0.4) is 0 Å². The zero-order chi connectivity index (χ0) is 38.6. The normalized spacial score (nSPS) is 15.8. The van der Waals surface area contributed by atoms with Crippen LogP contribution in [0.15, 0.2) is 59.5 Å². The first-order valence-corrected chi connectivity index (χ1v) is 18.9. The first-order chi connectivity index (χ1) is 25.6. The van der Waals surface area contributed by atoms with E-state index in [0.29, 0.717) is 30.2 Å². The number of halogens is 7. The van der Waals surface area contributed by atoms with Gasteiger partial charge in [-0.15, -0.1) is 0 Å². The number of ether oxygens (including phenoxy) is 1. The lowest BCUT2D eigenvalue weighted by molar-refractivity contribution is -0.119. The number of carbonyl (C=O) groups is 2. The second-order valence-electron chi connectivity index (χ2n) is 13.7. The number of aromatic carboxylic acids is 1. The van der Waals surface area contributed by atoms with Gasteiger partial charge < -0.3 is 14.7 Å². The van der Waals surface area contributed by atoms with Gasteiger partial charge in [0.2, 0.25) is 21.7 Å². The molecule has 0 radical (unpaired) electrons. The number of amides is 1. The molecule has 0 aliphatic heterocycles. The SMILES string of the molecule is O=C(O)c1ccc(N(Cc2cc(C3CC3)cc(C3CC3)c2)C(=O)CN(Cc2ccc(F)cc2Cl)S(=O)(=O)c2c(F)c(F)c(F)c(F)c2F)c(OC2CC2)c1. The lowest BCUT2D eigenvalue weighted by Gasteiger charge is -2.29. The first kappa shape index (κ1) is 37.7. The molecule has 3 aliphatic rings. The topological polar surface area (TPSA) is 104 Å². The zero-order valence-electron chi connectivity index (χ0n) is 28.2. The van der Waals surface area contributed by atoms with Gasteiger partial charge in [0.1, 0.15) is 11.6 Å². The van der Waals surface area contributed by atoms with Gasteiger partial charge in [-0.2, -0.15) is 4.31 Å². The highest BCUT2D eigenvalue weighted by atomic mass is 35.5. The van der Waals surface area contributed by atoms with Crippen molar-refractivity contribution < 1.29 is 54.2 Å². The maximum atomic E-state index is 15.1. The van der Waals surface area contributed by atoms with Crippen LogP contribution in [0.1, 0.15) is 83.0 Å². The fraction of sp³-hybridized carbons (Fsp3) is 0.316. The predicted octanol–water partition coefficient (Wildman–Crippen LogP) is 8.59. The molecule has 4 aromatic rings. The van der Waals surface area contributed by atoms with Gasteiger partial charge in [0.05, 0.1) is 30.4 Å². The highest BCUT2D eigenvalue weighted by Gasteiger charge is 2.40. The molecule has 0 bridgehead atoms. The summed E-state index contributed by atoms with van der Waals surface area (Å²) in [6.45, 7) is -2.43. The molecule has 0 atom stereocenters. The van der Waals surface area contributed by atoms with E-state index in [-0.39, 0.29) is 44.5 Å². The number of rotatable bonds is 14. The summed E-state index contributed by atoms with van der Waals surface area (Å²) >= 11 is 6.17. The van der Waals surface area contributed by atoms with E-state index in [1.807, 2.05) is 12.1 Å². The Balaban J connectivity index is 1.35. The molecule has 4 aromatic carbocycles. The van der Waals surface area contributed by atoms with E-state index in [1.165, 1.54) is 18.2 Å². The van der Waals surface area contributed by atoms with Gasteiger partial charge >= 0.3 is 5.97 Å². The first-order valence-electron chi connectivity index (χ1n) is 17.1. The molecule has 8 nitrogen and oxygen atoms in total. The van der Waals surface area contributed by atoms with Crippen LogP contribution >= 0.6 is 11.6 Å². The van der Waals surface area contributed by atoms with Crippen LogP contribution in [0, 0.1) is 34.9 Å². The average molecular weight is 793 g/mol. The molecule has 54 heavy (non-hydrogen) atoms. The summed E-state index contributed by atoms with van der Waals surface area (Å²) < 4.78 is 121. The number of nitrogens with zero attached hydrogens (tertiary/aromatic N) is 2. The van der Waals surface area contributed by atoms with Gasteiger partial charge in [-0.05, 0) is 103 Å². The summed E-state index contributed by atoms with van der Waals surface area (Å²) in [5, 5.41) is 9.37. The van der Waals surface area contributed by atoms with Crippen LogP contribution in [0.5, 0.6) is 5.75 Å². The van der Waals surface area contributed by atoms with Gasteiger partial charge in [-0.3, -0.25) is 4.79 Å². The molecule has 0 heterocycles. The smallest absolute Gasteiger partial charge is 0.335 e. The number of carboxylic acids is 1. The van der Waals surface area contributed by atoms with E-state index < -0.39 is 74.8 Å². The Morgan fingerprint density at radius 3 is 1.89 bits per heavy atom. The van der Waals surface area contributed by atoms with Crippen molar-refractivity contribution in [2.24, 2.45) is 0 Å². The second kappa shape index (κ2) is 14.6. The Bertz CT molecular complexity index is 2240. The van der Waals surface area contributed by atoms with Gasteiger partial charge in [-0.1, -0.05) is 35.9 Å². The molecule has 3 saturated carbocycles. The summed E-state index contributed by atoms with van der Waals surface area (Å²) in [5.74, 6) is -15.5. The highest BCUT2D eigenvalue weighted by molar-refractivity contribution is 7.89. The Kier molecular flexibility index (Phi) is 10.2. The van der Waals surface area contributed by atoms with E-state index in [4.69, 9.17) is 16.3 Å². The van der Waals surface area contributed by atoms with E-state index in [2.05, 4.69) is 6.07 Å². The molecule has 0 unspecified atom stereocenters. The molecule has 0 aromatic heterocycles. The summed E-state index contributed by atoms with van der Waals surface area (Å²) in [4.78, 5) is 25.5. The molecule has 0 spiro atoms. The van der Waals surface area contributed by atoms with Gasteiger partial charge in [-0.25, -0.2) is 39.6 Å². The van der Waals surface area contributed by atoms with Crippen LogP contribution in [-0.4, -0.2) is 42.4 Å². The van der Waals surface area contributed by atoms with E-state index in [9.17, 15) is 40.7 Å². The third-order valence-corrected chi connectivity index (χ3v) is 11.7. The molecule has 1 amide bonds. The maximum Gasteiger partial charge on any atom is 0.335 e. The van der Waals surface area contributed by atoms with Gasteiger partial charge in [0.25, 0.3) is 0 Å². The lowest BCUT2D eigenvalue weighted by Crippen LogP contribution is -2.43. The minimum atomic E-state index is -5.76. The molecule has 16 heteroatoms. The molecule has 3 aliphatic carbocycles. The van der Waals surface area contributed by atoms with Crippen molar-refractivity contribution in [2.45, 2.75) is 74.4 Å². The van der Waals surface area contributed by atoms with Crippen LogP contribution in [-0.2, 0) is 27.9 Å². The van der Waals surface area contributed by atoms with Crippen molar-refractivity contribution in [3.8, 4) is 5.75 Å². The molecule has 284 valence electrons. The lowest BCUT2D eigenvalue weighted by atomic mass is 9.99. The summed E-state index contributed by atoms with van der Waals surface area (Å²) in [6, 6.07) is 12.4. The van der Waals surface area contributed by atoms with Crippen molar-refractivity contribution in [3.63, 3.8) is 0 Å². The van der Waals surface area contributed by atoms with Crippen LogP contribution < -0.4 is 9.64 Å². The number of anilines is 1. The Morgan fingerprint density at radius 2 is 1.35 bits per heavy atom. The molecular formula is C38H31ClF6N2O6S. The van der Waals surface area contributed by atoms with Gasteiger partial charge in [0, 0.05) is 11.6 Å². The third-order valence-electron chi connectivity index (χ3n) is 9.53. The van der Waals surface area contributed by atoms with E-state index >= 15 is 8.78 Å². The number of hydrogen-bond acceptors (Lipinski definition) is 5.